The zero-order valence-electron chi connectivity index (χ0n) is 19.8. The molecule has 35 heavy (non-hydrogen) atoms. The minimum absolute atomic E-state index is 0.242. The quantitative estimate of drug-likeness (QED) is 0.285. The molecule has 1 fully saturated rings. The molecule has 0 unspecified atom stereocenters. The molecular weight excluding hydrogens is 485 g/mol. The van der Waals surface area contributed by atoms with E-state index in [9.17, 15) is 4.39 Å². The molecule has 1 aliphatic rings. The summed E-state index contributed by atoms with van der Waals surface area (Å²) < 4.78 is 13.3. The molecule has 2 N–H and O–H groups in total. The number of aryl methyl sites for hydroxylation is 3. The van der Waals surface area contributed by atoms with Gasteiger partial charge in [-0.25, -0.2) is 14.4 Å². The number of halogens is 2. The average Bonchev–Trinajstić information content (AvgIpc) is 2.82. The lowest BCUT2D eigenvalue weighted by Gasteiger charge is -2.37. The molecule has 0 atom stereocenters. The van der Waals surface area contributed by atoms with Gasteiger partial charge in [-0.1, -0.05) is 23.7 Å². The van der Waals surface area contributed by atoms with E-state index in [4.69, 9.17) is 23.8 Å². The summed E-state index contributed by atoms with van der Waals surface area (Å²) in [5.41, 5.74) is 4.34. The number of aromatic nitrogens is 2. The summed E-state index contributed by atoms with van der Waals surface area (Å²) in [6.07, 6.45) is 0. The molecule has 3 aromatic rings. The van der Waals surface area contributed by atoms with Gasteiger partial charge in [0, 0.05) is 43.3 Å². The number of guanidine groups is 1. The maximum absolute atomic E-state index is 13.3. The summed E-state index contributed by atoms with van der Waals surface area (Å²) in [6.45, 7) is 8.62. The number of rotatable bonds is 3. The molecule has 182 valence electrons. The van der Waals surface area contributed by atoms with Gasteiger partial charge in [0.05, 0.1) is 10.7 Å². The fraction of sp³-hybridized carbons (Fsp3) is 0.280. The first-order valence-electron chi connectivity index (χ1n) is 11.3. The number of benzene rings is 2. The van der Waals surface area contributed by atoms with Gasteiger partial charge in [0.25, 0.3) is 0 Å². The van der Waals surface area contributed by atoms with Gasteiger partial charge in [0.2, 0.25) is 17.0 Å². The third kappa shape index (κ3) is 6.43. The second-order valence-electron chi connectivity index (χ2n) is 8.35. The highest BCUT2D eigenvalue weighted by Crippen LogP contribution is 2.25. The van der Waals surface area contributed by atoms with Crippen LogP contribution in [0, 0.1) is 26.6 Å². The Labute approximate surface area is 215 Å². The zero-order valence-corrected chi connectivity index (χ0v) is 21.4. The van der Waals surface area contributed by atoms with Crippen molar-refractivity contribution in [1.82, 2.24) is 14.9 Å². The van der Waals surface area contributed by atoms with E-state index in [1.807, 2.05) is 45.0 Å². The van der Waals surface area contributed by atoms with E-state index < -0.39 is 0 Å². The zero-order chi connectivity index (χ0) is 24.9. The number of anilines is 3. The van der Waals surface area contributed by atoms with Crippen molar-refractivity contribution < 1.29 is 4.39 Å². The van der Waals surface area contributed by atoms with Crippen molar-refractivity contribution in [3.63, 3.8) is 0 Å². The second kappa shape index (κ2) is 11.0. The number of aliphatic imine (C=N–C) groups is 1. The fourth-order valence-electron chi connectivity index (χ4n) is 3.87. The smallest absolute Gasteiger partial charge is 0.229 e. The molecular formula is C25H27ClFN7S. The molecule has 1 saturated heterocycles. The normalized spacial score (nSPS) is 14.1. The lowest BCUT2D eigenvalue weighted by molar-refractivity contribution is 0.385. The second-order valence-corrected chi connectivity index (χ2v) is 9.12. The van der Waals surface area contributed by atoms with Crippen molar-refractivity contribution in [2.75, 3.05) is 41.7 Å². The van der Waals surface area contributed by atoms with E-state index >= 15 is 0 Å². The number of hydrogen-bond donors (Lipinski definition) is 2. The minimum Gasteiger partial charge on any atom is -0.368 e. The summed E-state index contributed by atoms with van der Waals surface area (Å²) in [5.74, 6) is 0.766. The Morgan fingerprint density at radius 2 is 1.63 bits per heavy atom. The molecule has 0 radical (unpaired) electrons. The van der Waals surface area contributed by atoms with Crippen molar-refractivity contribution in [2.24, 2.45) is 4.99 Å². The van der Waals surface area contributed by atoms with Crippen LogP contribution in [-0.4, -0.2) is 52.1 Å². The number of piperazine rings is 1. The maximum atomic E-state index is 13.3. The number of thiocarbonyl (C=S) groups is 1. The van der Waals surface area contributed by atoms with Crippen molar-refractivity contribution in [3.05, 3.63) is 76.3 Å². The number of nitrogens with zero attached hydrogens (tertiary/aromatic N) is 5. The molecule has 1 aromatic heterocycles. The first kappa shape index (κ1) is 24.8. The van der Waals surface area contributed by atoms with Gasteiger partial charge in [-0.05, 0) is 75.0 Å². The summed E-state index contributed by atoms with van der Waals surface area (Å²) in [7, 11) is 0. The lowest BCUT2D eigenvalue weighted by atomic mass is 10.2. The van der Waals surface area contributed by atoms with Crippen LogP contribution in [0.4, 0.5) is 21.7 Å². The number of nitrogens with one attached hydrogen (secondary N) is 2. The van der Waals surface area contributed by atoms with E-state index in [2.05, 4.69) is 35.4 Å². The highest BCUT2D eigenvalue weighted by molar-refractivity contribution is 7.80. The summed E-state index contributed by atoms with van der Waals surface area (Å²) >= 11 is 12.0. The average molecular weight is 512 g/mol. The third-order valence-corrected chi connectivity index (χ3v) is 6.31. The van der Waals surface area contributed by atoms with Crippen molar-refractivity contribution >= 4 is 52.2 Å². The molecule has 2 aromatic carbocycles. The first-order valence-corrected chi connectivity index (χ1v) is 12.1. The highest BCUT2D eigenvalue weighted by Gasteiger charge is 2.22. The number of hydrogen-bond acceptors (Lipinski definition) is 4. The van der Waals surface area contributed by atoms with Gasteiger partial charge in [0.15, 0.2) is 0 Å². The summed E-state index contributed by atoms with van der Waals surface area (Å²) in [6, 6.07) is 14.2. The van der Waals surface area contributed by atoms with Crippen LogP contribution in [0.1, 0.15) is 17.0 Å². The van der Waals surface area contributed by atoms with E-state index in [-0.39, 0.29) is 10.9 Å². The van der Waals surface area contributed by atoms with Crippen molar-refractivity contribution in [3.8, 4) is 0 Å². The molecule has 0 saturated carbocycles. The van der Waals surface area contributed by atoms with Gasteiger partial charge < -0.3 is 15.1 Å². The predicted molar refractivity (Wildman–Crippen MR) is 145 cm³/mol. The van der Waals surface area contributed by atoms with E-state index in [0.717, 1.165) is 35.7 Å². The predicted octanol–water partition coefficient (Wildman–Crippen LogP) is 5.18. The lowest BCUT2D eigenvalue weighted by Crippen LogP contribution is -2.51. The Balaban J connectivity index is 1.54. The molecule has 0 bridgehead atoms. The molecule has 10 heteroatoms. The standard InChI is InChI=1S/C25H27ClFN7S/c1-16-5-4-6-21(22(16)26)30-25(35)32-24(31-23-28-17(2)15-18(3)29-23)34-13-11-33(12-14-34)20-9-7-19(27)8-10-20/h4-10,15H,11-14H2,1-3H3,(H2,28,29,30,31,32,35). The third-order valence-electron chi connectivity index (χ3n) is 5.62. The SMILES string of the molecule is Cc1cc(C)nc(N/C(=N/C(=S)Nc2cccc(C)c2Cl)N2CCN(c3ccc(F)cc3)CC2)n1. The summed E-state index contributed by atoms with van der Waals surface area (Å²) in [5, 5.41) is 7.26. The van der Waals surface area contributed by atoms with Crippen LogP contribution >= 0.6 is 23.8 Å². The largest absolute Gasteiger partial charge is 0.368 e. The molecule has 7 nitrogen and oxygen atoms in total. The van der Waals surface area contributed by atoms with Crippen LogP contribution in [0.5, 0.6) is 0 Å². The van der Waals surface area contributed by atoms with Gasteiger partial charge in [-0.15, -0.1) is 0 Å². The monoisotopic (exact) mass is 511 g/mol. The Morgan fingerprint density at radius 3 is 2.29 bits per heavy atom. The Morgan fingerprint density at radius 1 is 0.971 bits per heavy atom. The van der Waals surface area contributed by atoms with Crippen LogP contribution < -0.4 is 15.5 Å². The molecule has 0 amide bonds. The van der Waals surface area contributed by atoms with Crippen LogP contribution in [-0.2, 0) is 0 Å². The Bertz CT molecular complexity index is 1220. The van der Waals surface area contributed by atoms with Gasteiger partial charge in [-0.2, -0.15) is 4.99 Å². The fourth-order valence-corrected chi connectivity index (χ4v) is 4.24. The van der Waals surface area contributed by atoms with E-state index in [0.29, 0.717) is 35.7 Å². The molecule has 0 aliphatic carbocycles. The van der Waals surface area contributed by atoms with E-state index in [1.165, 1.54) is 12.1 Å². The Hall–Kier alpha value is -3.30. The highest BCUT2D eigenvalue weighted by atomic mass is 35.5. The van der Waals surface area contributed by atoms with Gasteiger partial charge in [0.1, 0.15) is 5.82 Å². The van der Waals surface area contributed by atoms with E-state index in [1.54, 1.807) is 12.1 Å². The maximum Gasteiger partial charge on any atom is 0.229 e. The molecule has 2 heterocycles. The van der Waals surface area contributed by atoms with Crippen LogP contribution in [0.15, 0.2) is 53.5 Å². The molecule has 0 spiro atoms. The minimum atomic E-state index is -0.242. The topological polar surface area (TPSA) is 68.7 Å². The first-order chi connectivity index (χ1) is 16.8. The van der Waals surface area contributed by atoms with Crippen molar-refractivity contribution in [2.45, 2.75) is 20.8 Å². The van der Waals surface area contributed by atoms with Crippen LogP contribution in [0.2, 0.25) is 5.02 Å². The van der Waals surface area contributed by atoms with Gasteiger partial charge in [-0.3, -0.25) is 5.32 Å². The van der Waals surface area contributed by atoms with Gasteiger partial charge >= 0.3 is 0 Å². The Kier molecular flexibility index (Phi) is 7.77. The van der Waals surface area contributed by atoms with Crippen LogP contribution in [0.25, 0.3) is 0 Å². The van der Waals surface area contributed by atoms with Crippen molar-refractivity contribution in [1.29, 1.82) is 0 Å². The summed E-state index contributed by atoms with van der Waals surface area (Å²) in [4.78, 5) is 18.0. The molecule has 4 rings (SSSR count). The molecule has 1 aliphatic heterocycles. The van der Waals surface area contributed by atoms with Crippen LogP contribution in [0.3, 0.4) is 0 Å².